The lowest BCUT2D eigenvalue weighted by atomic mass is 10.3. The van der Waals surface area contributed by atoms with Crippen LogP contribution in [0.25, 0.3) is 0 Å². The van der Waals surface area contributed by atoms with Crippen molar-refractivity contribution in [1.29, 1.82) is 0 Å². The Hall–Kier alpha value is -1.96. The molecule has 0 atom stereocenters. The van der Waals surface area contributed by atoms with Gasteiger partial charge in [0.2, 0.25) is 10.9 Å². The highest BCUT2D eigenvalue weighted by Crippen LogP contribution is 2.19. The minimum Gasteiger partial charge on any atom is -0.353 e. The van der Waals surface area contributed by atoms with Gasteiger partial charge in [0.15, 0.2) is 5.69 Å². The molecule has 0 saturated carbocycles. The van der Waals surface area contributed by atoms with Crippen molar-refractivity contribution >= 4 is 28.9 Å². The number of hydrogen-bond donors (Lipinski definition) is 1. The molecular formula is C6H3N5O2S. The second-order valence-electron chi connectivity index (χ2n) is 2.41. The van der Waals surface area contributed by atoms with Gasteiger partial charge in [-0.1, -0.05) is 0 Å². The Labute approximate surface area is 82.7 Å². The largest absolute Gasteiger partial charge is 0.353 e. The van der Waals surface area contributed by atoms with Crippen molar-refractivity contribution in [1.82, 2.24) is 4.98 Å². The number of nitrogens with zero attached hydrogens (tertiary/aromatic N) is 4. The standard InChI is InChI=1S/C6H3N5O2S/c12-11(13)3-1-2-7-4(3)5-8-6(14)10-9-5/h1-2,7H. The molecule has 0 bridgehead atoms. The summed E-state index contributed by atoms with van der Waals surface area (Å²) in [7, 11) is 0. The molecule has 7 nitrogen and oxygen atoms in total. The predicted octanol–water partition coefficient (Wildman–Crippen LogP) is 1.42. The van der Waals surface area contributed by atoms with Crippen LogP contribution >= 0.6 is 12.2 Å². The molecule has 0 unspecified atom stereocenters. The highest BCUT2D eigenvalue weighted by atomic mass is 32.1. The number of amidine groups is 1. The predicted molar refractivity (Wildman–Crippen MR) is 51.4 cm³/mol. The Kier molecular flexibility index (Phi) is 1.89. The average molecular weight is 209 g/mol. The number of nitrogens with one attached hydrogen (secondary N) is 1. The second-order valence-corrected chi connectivity index (χ2v) is 2.78. The zero-order valence-corrected chi connectivity index (χ0v) is 7.48. The maximum absolute atomic E-state index is 10.5. The molecule has 1 aliphatic heterocycles. The van der Waals surface area contributed by atoms with E-state index < -0.39 is 4.92 Å². The lowest BCUT2D eigenvalue weighted by molar-refractivity contribution is -0.384. The first kappa shape index (κ1) is 8.63. The fraction of sp³-hybridized carbons (Fsp3) is 0. The van der Waals surface area contributed by atoms with E-state index in [2.05, 4.69) is 32.4 Å². The summed E-state index contributed by atoms with van der Waals surface area (Å²) in [5, 5.41) is 17.7. The molecule has 0 amide bonds. The van der Waals surface area contributed by atoms with Gasteiger partial charge in [-0.25, -0.2) is 0 Å². The first-order valence-corrected chi connectivity index (χ1v) is 3.96. The maximum Gasteiger partial charge on any atom is 0.298 e. The highest BCUT2D eigenvalue weighted by molar-refractivity contribution is 7.80. The summed E-state index contributed by atoms with van der Waals surface area (Å²) in [4.78, 5) is 16.4. The van der Waals surface area contributed by atoms with Crippen LogP contribution in [0.15, 0.2) is 27.5 Å². The maximum atomic E-state index is 10.5. The van der Waals surface area contributed by atoms with Crippen LogP contribution in [0, 0.1) is 10.1 Å². The van der Waals surface area contributed by atoms with Gasteiger partial charge in [0.05, 0.1) is 4.92 Å². The van der Waals surface area contributed by atoms with Crippen molar-refractivity contribution in [3.05, 3.63) is 28.1 Å². The van der Waals surface area contributed by atoms with Gasteiger partial charge in [-0.2, -0.15) is 4.99 Å². The van der Waals surface area contributed by atoms with Crippen molar-refractivity contribution in [3.8, 4) is 0 Å². The van der Waals surface area contributed by atoms with E-state index in [-0.39, 0.29) is 22.3 Å². The van der Waals surface area contributed by atoms with Gasteiger partial charge < -0.3 is 4.98 Å². The van der Waals surface area contributed by atoms with Crippen molar-refractivity contribution in [2.45, 2.75) is 0 Å². The molecule has 70 valence electrons. The Morgan fingerprint density at radius 2 is 2.29 bits per heavy atom. The molecule has 0 aromatic carbocycles. The first-order valence-electron chi connectivity index (χ1n) is 3.55. The van der Waals surface area contributed by atoms with E-state index in [4.69, 9.17) is 0 Å². The first-order chi connectivity index (χ1) is 6.68. The molecule has 0 spiro atoms. The Balaban J connectivity index is 2.47. The molecule has 2 rings (SSSR count). The molecule has 0 fully saturated rings. The highest BCUT2D eigenvalue weighted by Gasteiger charge is 2.22. The summed E-state index contributed by atoms with van der Waals surface area (Å²) in [6, 6.07) is 1.33. The SMILES string of the molecule is O=[N+]([O-])c1cc[nH]c1C1=NC(=S)N=N1. The van der Waals surface area contributed by atoms with Crippen LogP contribution < -0.4 is 0 Å². The van der Waals surface area contributed by atoms with Crippen molar-refractivity contribution < 1.29 is 4.92 Å². The quantitative estimate of drug-likeness (QED) is 0.453. The van der Waals surface area contributed by atoms with Crippen LogP contribution in [0.4, 0.5) is 5.69 Å². The molecule has 2 heterocycles. The smallest absolute Gasteiger partial charge is 0.298 e. The van der Waals surface area contributed by atoms with E-state index in [1.165, 1.54) is 12.3 Å². The molecule has 0 aliphatic carbocycles. The fourth-order valence-corrected chi connectivity index (χ4v) is 1.15. The van der Waals surface area contributed by atoms with Gasteiger partial charge in [-0.05, 0) is 12.2 Å². The number of thiocarbonyl (C=S) groups is 1. The summed E-state index contributed by atoms with van der Waals surface area (Å²) < 4.78 is 0. The van der Waals surface area contributed by atoms with Gasteiger partial charge in [0, 0.05) is 12.3 Å². The molecule has 14 heavy (non-hydrogen) atoms. The number of aromatic nitrogens is 1. The van der Waals surface area contributed by atoms with Crippen LogP contribution in [0.1, 0.15) is 5.69 Å². The van der Waals surface area contributed by atoms with E-state index in [9.17, 15) is 10.1 Å². The number of H-pyrrole nitrogens is 1. The monoisotopic (exact) mass is 209 g/mol. The molecule has 1 aliphatic rings. The fourth-order valence-electron chi connectivity index (χ4n) is 1.02. The van der Waals surface area contributed by atoms with Crippen molar-refractivity contribution in [3.63, 3.8) is 0 Å². The van der Waals surface area contributed by atoms with E-state index in [1.807, 2.05) is 0 Å². The number of aromatic amines is 1. The number of hydrogen-bond acceptors (Lipinski definition) is 4. The third-order valence-corrected chi connectivity index (χ3v) is 1.75. The molecule has 1 aromatic rings. The molecule has 1 aromatic heterocycles. The normalized spacial score (nSPS) is 14.6. The summed E-state index contributed by atoms with van der Waals surface area (Å²) in [5.74, 6) is 0.145. The van der Waals surface area contributed by atoms with E-state index in [1.54, 1.807) is 0 Å². The zero-order chi connectivity index (χ0) is 10.1. The molecule has 8 heteroatoms. The van der Waals surface area contributed by atoms with Gasteiger partial charge in [-0.3, -0.25) is 10.1 Å². The molecule has 1 N–H and O–H groups in total. The van der Waals surface area contributed by atoms with E-state index >= 15 is 0 Å². The topological polar surface area (TPSA) is 96.0 Å². The van der Waals surface area contributed by atoms with Crippen molar-refractivity contribution in [2.24, 2.45) is 15.2 Å². The molecule has 0 radical (unpaired) electrons. The number of rotatable bonds is 2. The Morgan fingerprint density at radius 1 is 1.50 bits per heavy atom. The van der Waals surface area contributed by atoms with Gasteiger partial charge >= 0.3 is 0 Å². The molecular weight excluding hydrogens is 206 g/mol. The zero-order valence-electron chi connectivity index (χ0n) is 6.67. The van der Waals surface area contributed by atoms with Crippen LogP contribution in [-0.4, -0.2) is 20.9 Å². The van der Waals surface area contributed by atoms with Gasteiger partial charge in [0.25, 0.3) is 5.69 Å². The minimum absolute atomic E-state index is 0.0731. The van der Waals surface area contributed by atoms with Crippen LogP contribution in [0.5, 0.6) is 0 Å². The third-order valence-electron chi connectivity index (χ3n) is 1.58. The summed E-state index contributed by atoms with van der Waals surface area (Å²) in [6.45, 7) is 0. The lowest BCUT2D eigenvalue weighted by Crippen LogP contribution is -1.99. The summed E-state index contributed by atoms with van der Waals surface area (Å²) >= 11 is 4.65. The Bertz CT molecular complexity index is 474. The van der Waals surface area contributed by atoms with Crippen LogP contribution in [0.3, 0.4) is 0 Å². The Morgan fingerprint density at radius 3 is 2.86 bits per heavy atom. The van der Waals surface area contributed by atoms with Crippen LogP contribution in [-0.2, 0) is 0 Å². The van der Waals surface area contributed by atoms with Gasteiger partial charge in [-0.15, -0.1) is 10.2 Å². The summed E-state index contributed by atoms with van der Waals surface area (Å²) in [5.41, 5.74) is 0.131. The van der Waals surface area contributed by atoms with Gasteiger partial charge in [0.1, 0.15) is 0 Å². The lowest BCUT2D eigenvalue weighted by Gasteiger charge is -1.90. The third kappa shape index (κ3) is 1.31. The minimum atomic E-state index is -0.523. The van der Waals surface area contributed by atoms with E-state index in [0.717, 1.165) is 0 Å². The summed E-state index contributed by atoms with van der Waals surface area (Å²) in [6.07, 6.45) is 1.44. The molecule has 0 saturated heterocycles. The number of aliphatic imine (C=N–C) groups is 1. The number of nitro groups is 1. The van der Waals surface area contributed by atoms with Crippen LogP contribution in [0.2, 0.25) is 0 Å². The van der Waals surface area contributed by atoms with E-state index in [0.29, 0.717) is 0 Å². The number of azo groups is 1. The average Bonchev–Trinajstić information content (AvgIpc) is 2.70. The second kappa shape index (κ2) is 3.07. The van der Waals surface area contributed by atoms with Crippen molar-refractivity contribution in [2.75, 3.05) is 0 Å².